The van der Waals surface area contributed by atoms with Gasteiger partial charge in [-0.15, -0.1) is 0 Å². The van der Waals surface area contributed by atoms with Gasteiger partial charge in [0.1, 0.15) is 0 Å². The molecule has 1 aliphatic rings. The Labute approximate surface area is 177 Å². The van der Waals surface area contributed by atoms with Crippen LogP contribution in [0.15, 0.2) is 77.7 Å². The lowest BCUT2D eigenvalue weighted by Crippen LogP contribution is -2.45. The molecule has 0 aliphatic carbocycles. The smallest absolute Gasteiger partial charge is 0.243 e. The predicted molar refractivity (Wildman–Crippen MR) is 118 cm³/mol. The van der Waals surface area contributed by atoms with Crippen molar-refractivity contribution in [2.75, 3.05) is 13.1 Å². The Morgan fingerprint density at radius 2 is 1.70 bits per heavy atom. The molecule has 4 rings (SSSR count). The Morgan fingerprint density at radius 3 is 2.47 bits per heavy atom. The van der Waals surface area contributed by atoms with E-state index < -0.39 is 10.0 Å². The molecular weight excluding hydrogens is 396 g/mol. The lowest BCUT2D eigenvalue weighted by molar-refractivity contribution is -0.126. The van der Waals surface area contributed by atoms with E-state index in [-0.39, 0.29) is 29.3 Å². The van der Waals surface area contributed by atoms with Gasteiger partial charge in [0, 0.05) is 13.1 Å². The van der Waals surface area contributed by atoms with Crippen LogP contribution in [0, 0.1) is 5.92 Å². The number of sulfonamides is 1. The second-order valence-corrected chi connectivity index (χ2v) is 9.79. The number of amides is 1. The van der Waals surface area contributed by atoms with Crippen molar-refractivity contribution in [3.8, 4) is 0 Å². The molecule has 3 aromatic carbocycles. The molecule has 0 spiro atoms. The Kier molecular flexibility index (Phi) is 5.88. The molecule has 0 bridgehead atoms. The highest BCUT2D eigenvalue weighted by atomic mass is 32.2. The molecule has 1 saturated heterocycles. The maximum Gasteiger partial charge on any atom is 0.243 e. The van der Waals surface area contributed by atoms with E-state index in [2.05, 4.69) is 5.32 Å². The number of benzene rings is 3. The Morgan fingerprint density at radius 1 is 1.00 bits per heavy atom. The van der Waals surface area contributed by atoms with E-state index in [0.29, 0.717) is 19.4 Å². The molecule has 1 fully saturated rings. The molecule has 1 N–H and O–H groups in total. The van der Waals surface area contributed by atoms with Crippen LogP contribution in [0.4, 0.5) is 0 Å². The van der Waals surface area contributed by atoms with Gasteiger partial charge >= 0.3 is 0 Å². The van der Waals surface area contributed by atoms with Crippen molar-refractivity contribution in [2.45, 2.75) is 30.7 Å². The highest BCUT2D eigenvalue weighted by Gasteiger charge is 2.33. The number of piperidine rings is 1. The molecule has 2 atom stereocenters. The van der Waals surface area contributed by atoms with Crippen LogP contribution in [-0.4, -0.2) is 31.7 Å². The van der Waals surface area contributed by atoms with Gasteiger partial charge in [-0.1, -0.05) is 60.7 Å². The molecule has 0 saturated carbocycles. The van der Waals surface area contributed by atoms with Crippen LogP contribution in [-0.2, 0) is 14.8 Å². The van der Waals surface area contributed by atoms with Gasteiger partial charge in [0.2, 0.25) is 15.9 Å². The lowest BCUT2D eigenvalue weighted by Gasteiger charge is -2.32. The van der Waals surface area contributed by atoms with Crippen LogP contribution in [0.3, 0.4) is 0 Å². The Balaban J connectivity index is 1.49. The Bertz CT molecular complexity index is 1150. The van der Waals surface area contributed by atoms with Gasteiger partial charge in [-0.3, -0.25) is 4.79 Å². The monoisotopic (exact) mass is 422 g/mol. The van der Waals surface area contributed by atoms with Crippen molar-refractivity contribution in [1.29, 1.82) is 0 Å². The average Bonchev–Trinajstić information content (AvgIpc) is 2.79. The molecule has 2 unspecified atom stereocenters. The SMILES string of the molecule is CC(NC(=O)C1CCCN(S(=O)(=O)c2ccc3ccccc3c2)C1)c1ccccc1. The summed E-state index contributed by atoms with van der Waals surface area (Å²) in [6.45, 7) is 2.59. The molecule has 5 nitrogen and oxygen atoms in total. The van der Waals surface area contributed by atoms with Crippen molar-refractivity contribution in [3.63, 3.8) is 0 Å². The summed E-state index contributed by atoms with van der Waals surface area (Å²) in [6, 6.07) is 22.5. The van der Waals surface area contributed by atoms with Crippen molar-refractivity contribution >= 4 is 26.7 Å². The van der Waals surface area contributed by atoms with Crippen molar-refractivity contribution in [1.82, 2.24) is 9.62 Å². The van der Waals surface area contributed by atoms with Crippen molar-refractivity contribution < 1.29 is 13.2 Å². The largest absolute Gasteiger partial charge is 0.349 e. The maximum atomic E-state index is 13.2. The topological polar surface area (TPSA) is 66.5 Å². The number of rotatable bonds is 5. The molecule has 1 amide bonds. The van der Waals surface area contributed by atoms with E-state index in [1.165, 1.54) is 4.31 Å². The summed E-state index contributed by atoms with van der Waals surface area (Å²) in [5.74, 6) is -0.440. The average molecular weight is 423 g/mol. The summed E-state index contributed by atoms with van der Waals surface area (Å²) in [4.78, 5) is 13.1. The summed E-state index contributed by atoms with van der Waals surface area (Å²) in [7, 11) is -3.65. The van der Waals surface area contributed by atoms with E-state index in [1.54, 1.807) is 12.1 Å². The number of nitrogens with one attached hydrogen (secondary N) is 1. The van der Waals surface area contributed by atoms with E-state index in [1.807, 2.05) is 67.6 Å². The first-order valence-electron chi connectivity index (χ1n) is 10.3. The third-order valence-corrected chi connectivity index (χ3v) is 7.63. The van der Waals surface area contributed by atoms with Crippen molar-refractivity contribution in [3.05, 3.63) is 78.4 Å². The number of carbonyl (C=O) groups excluding carboxylic acids is 1. The summed E-state index contributed by atoms with van der Waals surface area (Å²) in [5.41, 5.74) is 1.03. The molecule has 1 heterocycles. The van der Waals surface area contributed by atoms with Crippen LogP contribution in [0.25, 0.3) is 10.8 Å². The Hall–Kier alpha value is -2.70. The van der Waals surface area contributed by atoms with E-state index in [9.17, 15) is 13.2 Å². The van der Waals surface area contributed by atoms with Gasteiger partial charge in [0.15, 0.2) is 0 Å². The molecule has 3 aromatic rings. The zero-order chi connectivity index (χ0) is 21.1. The molecular formula is C24H26N2O3S. The first-order chi connectivity index (χ1) is 14.4. The van der Waals surface area contributed by atoms with Crippen LogP contribution in [0.2, 0.25) is 0 Å². The summed E-state index contributed by atoms with van der Waals surface area (Å²) in [5, 5.41) is 4.93. The van der Waals surface area contributed by atoms with Crippen molar-refractivity contribution in [2.24, 2.45) is 5.92 Å². The summed E-state index contributed by atoms with van der Waals surface area (Å²) in [6.07, 6.45) is 1.36. The third kappa shape index (κ3) is 4.25. The highest BCUT2D eigenvalue weighted by molar-refractivity contribution is 7.89. The minimum absolute atomic E-state index is 0.0928. The zero-order valence-electron chi connectivity index (χ0n) is 17.0. The van der Waals surface area contributed by atoms with Gasteiger partial charge in [0.05, 0.1) is 16.9 Å². The minimum Gasteiger partial charge on any atom is -0.349 e. The molecule has 0 radical (unpaired) electrons. The third-order valence-electron chi connectivity index (χ3n) is 5.77. The number of nitrogens with zero attached hydrogens (tertiary/aromatic N) is 1. The van der Waals surface area contributed by atoms with E-state index in [0.717, 1.165) is 16.3 Å². The fourth-order valence-corrected chi connectivity index (χ4v) is 5.57. The maximum absolute atomic E-state index is 13.2. The molecule has 0 aromatic heterocycles. The fourth-order valence-electron chi connectivity index (χ4n) is 4.01. The number of carbonyl (C=O) groups is 1. The van der Waals surface area contributed by atoms with Gasteiger partial charge in [0.25, 0.3) is 0 Å². The van der Waals surface area contributed by atoms with Crippen LogP contribution < -0.4 is 5.32 Å². The number of hydrogen-bond acceptors (Lipinski definition) is 3. The normalized spacial score (nSPS) is 18.8. The summed E-state index contributed by atoms with van der Waals surface area (Å²) < 4.78 is 27.9. The van der Waals surface area contributed by atoms with Gasteiger partial charge in [-0.25, -0.2) is 8.42 Å². The molecule has 30 heavy (non-hydrogen) atoms. The van der Waals surface area contributed by atoms with Crippen LogP contribution >= 0.6 is 0 Å². The van der Waals surface area contributed by atoms with Gasteiger partial charge in [-0.05, 0) is 48.2 Å². The molecule has 6 heteroatoms. The highest BCUT2D eigenvalue weighted by Crippen LogP contribution is 2.27. The first kappa shape index (κ1) is 20.6. The predicted octanol–water partition coefficient (Wildman–Crippen LogP) is 4.12. The summed E-state index contributed by atoms with van der Waals surface area (Å²) >= 11 is 0. The van der Waals surface area contributed by atoms with Crippen LogP contribution in [0.1, 0.15) is 31.4 Å². The minimum atomic E-state index is -3.65. The number of hydrogen-bond donors (Lipinski definition) is 1. The van der Waals surface area contributed by atoms with Gasteiger partial charge < -0.3 is 5.32 Å². The van der Waals surface area contributed by atoms with E-state index >= 15 is 0 Å². The molecule has 156 valence electrons. The fraction of sp³-hybridized carbons (Fsp3) is 0.292. The first-order valence-corrected chi connectivity index (χ1v) is 11.7. The standard InChI is InChI=1S/C24H26N2O3S/c1-18(19-8-3-2-4-9-19)25-24(27)22-12-7-15-26(17-22)30(28,29)23-14-13-20-10-5-6-11-21(20)16-23/h2-6,8-11,13-14,16,18,22H,7,12,15,17H2,1H3,(H,25,27). The quantitative estimate of drug-likeness (QED) is 0.673. The van der Waals surface area contributed by atoms with Crippen LogP contribution in [0.5, 0.6) is 0 Å². The second-order valence-electron chi connectivity index (χ2n) is 7.85. The molecule has 1 aliphatic heterocycles. The van der Waals surface area contributed by atoms with E-state index in [4.69, 9.17) is 0 Å². The number of fused-ring (bicyclic) bond motifs is 1. The van der Waals surface area contributed by atoms with Gasteiger partial charge in [-0.2, -0.15) is 4.31 Å². The lowest BCUT2D eigenvalue weighted by atomic mass is 9.98. The zero-order valence-corrected chi connectivity index (χ0v) is 17.8. The second kappa shape index (κ2) is 8.58.